The van der Waals surface area contributed by atoms with Crippen molar-refractivity contribution < 1.29 is 5.32 Å². The van der Waals surface area contributed by atoms with E-state index in [1.807, 2.05) is 0 Å². The van der Waals surface area contributed by atoms with Crippen molar-refractivity contribution >= 4 is 0 Å². The molecule has 0 atom stereocenters. The van der Waals surface area contributed by atoms with E-state index in [1.54, 1.807) is 0 Å². The van der Waals surface area contributed by atoms with Crippen LogP contribution in [0.15, 0.2) is 0 Å². The lowest BCUT2D eigenvalue weighted by Gasteiger charge is -1.73. The van der Waals surface area contributed by atoms with Gasteiger partial charge in [-0.1, -0.05) is 5.21 Å². The van der Waals surface area contributed by atoms with Gasteiger partial charge in [0.2, 0.25) is 0 Å². The minimum absolute atomic E-state index is 1.38. The van der Waals surface area contributed by atoms with Gasteiger partial charge in [-0.15, -0.1) is 0 Å². The van der Waals surface area contributed by atoms with Gasteiger partial charge >= 0.3 is 0 Å². The highest BCUT2D eigenvalue weighted by atomic mass is 15.5. The lowest BCUT2D eigenvalue weighted by atomic mass is 10.4. The highest BCUT2D eigenvalue weighted by molar-refractivity contribution is 4.37. The second-order valence-corrected chi connectivity index (χ2v) is 2.08. The first-order valence-corrected chi connectivity index (χ1v) is 3.41. The zero-order chi connectivity index (χ0) is 7.07. The molecule has 1 fully saturated rings. The Hall–Kier alpha value is -0.970. The number of quaternary nitrogens is 1. The lowest BCUT2D eigenvalue weighted by molar-refractivity contribution is -0.635. The monoisotopic (exact) mass is 141 g/mol. The van der Waals surface area contributed by atoms with E-state index in [-0.39, 0.29) is 0 Å². The Morgan fingerprint density at radius 3 is 2.30 bits per heavy atom. The average Bonchev–Trinajstić information content (AvgIpc) is 2.67. The zero-order valence-corrected chi connectivity index (χ0v) is 5.75. The van der Waals surface area contributed by atoms with Crippen LogP contribution in [-0.4, -0.2) is 33.7 Å². The van der Waals surface area contributed by atoms with Gasteiger partial charge in [0.1, 0.15) is 0 Å². The first kappa shape index (κ1) is 7.14. The molecule has 5 heteroatoms. The number of rotatable bonds is 0. The van der Waals surface area contributed by atoms with Crippen molar-refractivity contribution in [1.29, 1.82) is 0 Å². The SMILES string of the molecule is C1CC[NH2+]C1.[c-]1nn[nH]n1. The number of aromatic amines is 1. The first-order chi connectivity index (χ1) is 5.00. The predicted molar refractivity (Wildman–Crippen MR) is 33.9 cm³/mol. The van der Waals surface area contributed by atoms with E-state index in [1.165, 1.54) is 25.9 Å². The number of nitrogens with two attached hydrogens (primary N) is 1. The van der Waals surface area contributed by atoms with Crippen LogP contribution < -0.4 is 5.32 Å². The van der Waals surface area contributed by atoms with Crippen molar-refractivity contribution in [2.75, 3.05) is 13.1 Å². The minimum atomic E-state index is 1.38. The van der Waals surface area contributed by atoms with Crippen molar-refractivity contribution in [2.24, 2.45) is 0 Å². The molecule has 10 heavy (non-hydrogen) atoms. The van der Waals surface area contributed by atoms with Crippen LogP contribution >= 0.6 is 0 Å². The van der Waals surface area contributed by atoms with E-state index in [2.05, 4.69) is 32.3 Å². The van der Waals surface area contributed by atoms with Crippen LogP contribution in [0.25, 0.3) is 0 Å². The largest absolute Gasteiger partial charge is 0.357 e. The van der Waals surface area contributed by atoms with Crippen molar-refractivity contribution in [3.05, 3.63) is 6.33 Å². The summed E-state index contributed by atoms with van der Waals surface area (Å²) in [4.78, 5) is 0. The zero-order valence-electron chi connectivity index (χ0n) is 5.75. The topological polar surface area (TPSA) is 71.1 Å². The van der Waals surface area contributed by atoms with Gasteiger partial charge in [0, 0.05) is 12.8 Å². The molecule has 0 unspecified atom stereocenters. The second kappa shape index (κ2) is 4.87. The number of H-pyrrole nitrogens is 1. The Kier molecular flexibility index (Phi) is 3.48. The van der Waals surface area contributed by atoms with Crippen molar-refractivity contribution in [3.8, 4) is 0 Å². The molecule has 0 radical (unpaired) electrons. The third-order valence-corrected chi connectivity index (χ3v) is 1.31. The van der Waals surface area contributed by atoms with Crippen LogP contribution in [0.5, 0.6) is 0 Å². The Bertz CT molecular complexity index is 109. The van der Waals surface area contributed by atoms with Crippen LogP contribution in [0, 0.1) is 6.33 Å². The maximum Gasteiger partial charge on any atom is 0.0757 e. The second-order valence-electron chi connectivity index (χ2n) is 2.08. The van der Waals surface area contributed by atoms with Gasteiger partial charge in [0.15, 0.2) is 0 Å². The van der Waals surface area contributed by atoms with E-state index >= 15 is 0 Å². The summed E-state index contributed by atoms with van der Waals surface area (Å²) in [6.07, 6.45) is 5.08. The molecule has 0 spiro atoms. The van der Waals surface area contributed by atoms with Gasteiger partial charge in [-0.05, 0) is 0 Å². The fraction of sp³-hybridized carbons (Fsp3) is 0.800. The van der Waals surface area contributed by atoms with Gasteiger partial charge in [-0.2, -0.15) is 0 Å². The highest BCUT2D eigenvalue weighted by Gasteiger charge is 1.97. The van der Waals surface area contributed by atoms with Crippen LogP contribution in [0.3, 0.4) is 0 Å². The summed E-state index contributed by atoms with van der Waals surface area (Å²) >= 11 is 0. The van der Waals surface area contributed by atoms with Crippen LogP contribution in [0.1, 0.15) is 12.8 Å². The molecule has 3 N–H and O–H groups in total. The molecule has 0 saturated carbocycles. The van der Waals surface area contributed by atoms with Gasteiger partial charge < -0.3 is 15.5 Å². The van der Waals surface area contributed by atoms with Crippen molar-refractivity contribution in [3.63, 3.8) is 0 Å². The summed E-state index contributed by atoms with van der Waals surface area (Å²) in [7, 11) is 0. The maximum atomic E-state index is 3.25. The van der Waals surface area contributed by atoms with Gasteiger partial charge in [-0.25, -0.2) is 11.5 Å². The molecule has 0 aliphatic carbocycles. The van der Waals surface area contributed by atoms with Gasteiger partial charge in [0.25, 0.3) is 0 Å². The molecular weight excluding hydrogens is 130 g/mol. The molecule has 56 valence electrons. The Labute approximate surface area is 59.2 Å². The van der Waals surface area contributed by atoms with Gasteiger partial charge in [-0.3, -0.25) is 0 Å². The molecule has 5 nitrogen and oxygen atoms in total. The lowest BCUT2D eigenvalue weighted by Crippen LogP contribution is -2.80. The van der Waals surface area contributed by atoms with E-state index in [4.69, 9.17) is 0 Å². The van der Waals surface area contributed by atoms with E-state index in [0.717, 1.165) is 0 Å². The maximum absolute atomic E-state index is 3.25. The number of nitrogens with zero attached hydrogens (tertiary/aromatic N) is 3. The molecule has 0 amide bonds. The van der Waals surface area contributed by atoms with Crippen molar-refractivity contribution in [1.82, 2.24) is 20.6 Å². The quantitative estimate of drug-likeness (QED) is 0.425. The van der Waals surface area contributed by atoms with Crippen LogP contribution in [-0.2, 0) is 0 Å². The normalized spacial score (nSPS) is 16.0. The minimum Gasteiger partial charge on any atom is -0.357 e. The Balaban J connectivity index is 0.0000001000. The fourth-order valence-electron chi connectivity index (χ4n) is 0.833. The molecule has 1 aliphatic heterocycles. The molecular formula is C5H11N5. The van der Waals surface area contributed by atoms with E-state index < -0.39 is 0 Å². The van der Waals surface area contributed by atoms with Gasteiger partial charge in [0.05, 0.1) is 13.1 Å². The number of tetrazole rings is 1. The highest BCUT2D eigenvalue weighted by Crippen LogP contribution is 1.82. The summed E-state index contributed by atoms with van der Waals surface area (Å²) in [6.45, 7) is 2.75. The molecule has 0 bridgehead atoms. The smallest absolute Gasteiger partial charge is 0.0757 e. The summed E-state index contributed by atoms with van der Waals surface area (Å²) in [5.41, 5.74) is 0. The van der Waals surface area contributed by atoms with E-state index in [0.29, 0.717) is 0 Å². The van der Waals surface area contributed by atoms with E-state index in [9.17, 15) is 0 Å². The summed E-state index contributed by atoms with van der Waals surface area (Å²) in [6, 6.07) is 0. The summed E-state index contributed by atoms with van der Waals surface area (Å²) in [5, 5.41) is 14.2. The summed E-state index contributed by atoms with van der Waals surface area (Å²) in [5.74, 6) is 0. The number of aromatic nitrogens is 4. The molecule has 1 aliphatic rings. The van der Waals surface area contributed by atoms with Crippen LogP contribution in [0.4, 0.5) is 0 Å². The third kappa shape index (κ3) is 3.13. The molecule has 2 heterocycles. The molecule has 0 aromatic carbocycles. The predicted octanol–water partition coefficient (Wildman–Crippen LogP) is -1.66. The average molecular weight is 141 g/mol. The molecule has 2 rings (SSSR count). The number of hydrogen-bond acceptors (Lipinski definition) is 3. The fourth-order valence-corrected chi connectivity index (χ4v) is 0.833. The number of nitrogens with one attached hydrogen (secondary N) is 1. The first-order valence-electron chi connectivity index (χ1n) is 3.41. The van der Waals surface area contributed by atoms with Crippen LogP contribution in [0.2, 0.25) is 0 Å². The standard InChI is InChI=1S/C4H9N.CHN4/c2*1-2-4-5-3-1/h5H,1-4H2;(H,2,3,4,5)/q;-1/p+1. The number of hydrogen-bond donors (Lipinski definition) is 2. The Morgan fingerprint density at radius 1 is 1.30 bits per heavy atom. The summed E-state index contributed by atoms with van der Waals surface area (Å²) < 4.78 is 0. The molecule has 1 aromatic rings. The Morgan fingerprint density at radius 2 is 2.10 bits per heavy atom. The van der Waals surface area contributed by atoms with Crippen molar-refractivity contribution in [2.45, 2.75) is 12.8 Å². The third-order valence-electron chi connectivity index (χ3n) is 1.31. The molecule has 1 saturated heterocycles. The molecule has 1 aromatic heterocycles.